The molecule has 1 aliphatic rings. The van der Waals surface area contributed by atoms with Gasteiger partial charge < -0.3 is 20.1 Å². The second kappa shape index (κ2) is 8.77. The second-order valence-corrected chi connectivity index (χ2v) is 5.21. The number of nitrogens with one attached hydrogen (secondary N) is 2. The van der Waals surface area contributed by atoms with Crippen LogP contribution in [0.5, 0.6) is 0 Å². The number of amides is 1. The van der Waals surface area contributed by atoms with Gasteiger partial charge in [0.2, 0.25) is 5.91 Å². The van der Waals surface area contributed by atoms with Crippen molar-refractivity contribution < 1.29 is 14.3 Å². The first-order valence-corrected chi connectivity index (χ1v) is 7.48. The van der Waals surface area contributed by atoms with Crippen molar-refractivity contribution in [2.75, 3.05) is 38.7 Å². The van der Waals surface area contributed by atoms with E-state index in [1.165, 1.54) is 0 Å². The topological polar surface area (TPSA) is 59.6 Å². The van der Waals surface area contributed by atoms with E-state index < -0.39 is 0 Å². The zero-order valence-corrected chi connectivity index (χ0v) is 12.6. The van der Waals surface area contributed by atoms with Gasteiger partial charge in [-0.25, -0.2) is 0 Å². The molecule has 1 aromatic carbocycles. The molecule has 1 fully saturated rings. The Hall–Kier alpha value is -1.43. The Kier molecular flexibility index (Phi) is 6.66. The number of hydrogen-bond donors (Lipinski definition) is 2. The number of carbonyl (C=O) groups excluding carboxylic acids is 1. The van der Waals surface area contributed by atoms with Crippen LogP contribution in [0.2, 0.25) is 0 Å². The maximum atomic E-state index is 12.0. The van der Waals surface area contributed by atoms with Gasteiger partial charge in [0.05, 0.1) is 12.7 Å². The summed E-state index contributed by atoms with van der Waals surface area (Å²) in [6, 6.07) is 7.79. The first-order valence-electron chi connectivity index (χ1n) is 7.48. The van der Waals surface area contributed by atoms with Crippen molar-refractivity contribution in [1.82, 2.24) is 5.32 Å². The Morgan fingerprint density at radius 3 is 2.86 bits per heavy atom. The molecule has 5 heteroatoms. The van der Waals surface area contributed by atoms with Crippen molar-refractivity contribution >= 4 is 11.6 Å². The first kappa shape index (κ1) is 15.9. The fraction of sp³-hybridized carbons (Fsp3) is 0.562. The first-order chi connectivity index (χ1) is 10.3. The molecule has 0 spiro atoms. The lowest BCUT2D eigenvalue weighted by Gasteiger charge is -2.22. The molecule has 2 N–H and O–H groups in total. The van der Waals surface area contributed by atoms with E-state index in [-0.39, 0.29) is 18.6 Å². The van der Waals surface area contributed by atoms with Gasteiger partial charge in [0.25, 0.3) is 0 Å². The molecule has 0 aromatic heterocycles. The summed E-state index contributed by atoms with van der Waals surface area (Å²) in [5.74, 6) is -0.0987. The summed E-state index contributed by atoms with van der Waals surface area (Å²) < 4.78 is 10.8. The predicted octanol–water partition coefficient (Wildman–Crippen LogP) is 1.58. The zero-order valence-electron chi connectivity index (χ0n) is 12.6. The van der Waals surface area contributed by atoms with Crippen LogP contribution in [-0.4, -0.2) is 45.4 Å². The largest absolute Gasteiger partial charge is 0.384 e. The van der Waals surface area contributed by atoms with Crippen molar-refractivity contribution in [1.29, 1.82) is 0 Å². The Labute approximate surface area is 126 Å². The third kappa shape index (κ3) is 5.46. The van der Waals surface area contributed by atoms with E-state index in [1.54, 1.807) is 7.11 Å². The molecule has 1 heterocycles. The number of piperidine rings is 1. The molecule has 0 unspecified atom stereocenters. The van der Waals surface area contributed by atoms with Gasteiger partial charge in [0.15, 0.2) is 0 Å². The van der Waals surface area contributed by atoms with Crippen LogP contribution in [0.3, 0.4) is 0 Å². The fourth-order valence-corrected chi connectivity index (χ4v) is 2.41. The van der Waals surface area contributed by atoms with E-state index in [0.29, 0.717) is 6.61 Å². The molecule has 2 rings (SSSR count). The van der Waals surface area contributed by atoms with Gasteiger partial charge in [-0.3, -0.25) is 4.79 Å². The van der Waals surface area contributed by atoms with E-state index in [2.05, 4.69) is 10.6 Å². The number of anilines is 1. The minimum atomic E-state index is -0.0987. The van der Waals surface area contributed by atoms with Crippen LogP contribution in [0.1, 0.15) is 18.4 Å². The van der Waals surface area contributed by atoms with Crippen LogP contribution in [0.4, 0.5) is 5.69 Å². The molecule has 1 aliphatic heterocycles. The lowest BCUT2D eigenvalue weighted by atomic mass is 10.1. The van der Waals surface area contributed by atoms with Crippen molar-refractivity contribution in [3.05, 3.63) is 29.8 Å². The molecule has 116 valence electrons. The molecule has 0 saturated carbocycles. The van der Waals surface area contributed by atoms with Crippen LogP contribution >= 0.6 is 0 Å². The molecule has 1 amide bonds. The standard InChI is InChI=1S/C16H24N2O3/c1-20-11-8-13-4-2-3-5-15(13)18-16(19)12-21-14-6-9-17-10-7-14/h2-5,14,17H,6-12H2,1H3,(H,18,19). The van der Waals surface area contributed by atoms with E-state index >= 15 is 0 Å². The minimum absolute atomic E-state index is 0.0987. The molecular weight excluding hydrogens is 268 g/mol. The Bertz CT molecular complexity index is 445. The monoisotopic (exact) mass is 292 g/mol. The lowest BCUT2D eigenvalue weighted by Crippen LogP contribution is -2.34. The number of carbonyl (C=O) groups is 1. The summed E-state index contributed by atoms with van der Waals surface area (Å²) in [7, 11) is 1.67. The Morgan fingerprint density at radius 1 is 1.33 bits per heavy atom. The average molecular weight is 292 g/mol. The van der Waals surface area contributed by atoms with Gasteiger partial charge in [-0.05, 0) is 44.0 Å². The van der Waals surface area contributed by atoms with Gasteiger partial charge in [-0.1, -0.05) is 18.2 Å². The number of methoxy groups -OCH3 is 1. The van der Waals surface area contributed by atoms with E-state index in [0.717, 1.165) is 43.6 Å². The number of ether oxygens (including phenoxy) is 2. The van der Waals surface area contributed by atoms with Crippen LogP contribution < -0.4 is 10.6 Å². The van der Waals surface area contributed by atoms with E-state index in [9.17, 15) is 4.79 Å². The summed E-state index contributed by atoms with van der Waals surface area (Å²) >= 11 is 0. The third-order valence-electron chi connectivity index (χ3n) is 3.60. The molecule has 1 aromatic rings. The number of benzene rings is 1. The number of rotatable bonds is 7. The minimum Gasteiger partial charge on any atom is -0.384 e. The summed E-state index contributed by atoms with van der Waals surface area (Å²) in [6.45, 7) is 2.68. The Balaban J connectivity index is 1.81. The van der Waals surface area contributed by atoms with Crippen LogP contribution in [0, 0.1) is 0 Å². The number of hydrogen-bond acceptors (Lipinski definition) is 4. The molecule has 0 radical (unpaired) electrons. The molecular formula is C16H24N2O3. The molecule has 0 aliphatic carbocycles. The van der Waals surface area contributed by atoms with Crippen LogP contribution in [0.15, 0.2) is 24.3 Å². The molecule has 0 bridgehead atoms. The maximum Gasteiger partial charge on any atom is 0.250 e. The van der Waals surface area contributed by atoms with Gasteiger partial charge in [0.1, 0.15) is 6.61 Å². The highest BCUT2D eigenvalue weighted by molar-refractivity contribution is 5.92. The Morgan fingerprint density at radius 2 is 2.10 bits per heavy atom. The summed E-state index contributed by atoms with van der Waals surface area (Å²) in [5.41, 5.74) is 1.92. The van der Waals surface area contributed by atoms with E-state index in [1.807, 2.05) is 24.3 Å². The van der Waals surface area contributed by atoms with Gasteiger partial charge >= 0.3 is 0 Å². The summed E-state index contributed by atoms with van der Waals surface area (Å²) in [4.78, 5) is 12.0. The zero-order chi connectivity index (χ0) is 14.9. The van der Waals surface area contributed by atoms with Crippen molar-refractivity contribution in [2.24, 2.45) is 0 Å². The normalized spacial score (nSPS) is 15.9. The van der Waals surface area contributed by atoms with Gasteiger partial charge in [0, 0.05) is 12.8 Å². The van der Waals surface area contributed by atoms with Crippen LogP contribution in [0.25, 0.3) is 0 Å². The highest BCUT2D eigenvalue weighted by Gasteiger charge is 2.15. The van der Waals surface area contributed by atoms with Gasteiger partial charge in [-0.15, -0.1) is 0 Å². The average Bonchev–Trinajstić information content (AvgIpc) is 2.53. The number of para-hydroxylation sites is 1. The van der Waals surface area contributed by atoms with Crippen LogP contribution in [-0.2, 0) is 20.7 Å². The van der Waals surface area contributed by atoms with Crippen molar-refractivity contribution in [3.8, 4) is 0 Å². The maximum absolute atomic E-state index is 12.0. The summed E-state index contributed by atoms with van der Waals surface area (Å²) in [6.07, 6.45) is 2.91. The van der Waals surface area contributed by atoms with Crippen molar-refractivity contribution in [3.63, 3.8) is 0 Å². The van der Waals surface area contributed by atoms with Crippen molar-refractivity contribution in [2.45, 2.75) is 25.4 Å². The van der Waals surface area contributed by atoms with Gasteiger partial charge in [-0.2, -0.15) is 0 Å². The smallest absolute Gasteiger partial charge is 0.250 e. The molecule has 5 nitrogen and oxygen atoms in total. The molecule has 21 heavy (non-hydrogen) atoms. The van der Waals surface area contributed by atoms with E-state index in [4.69, 9.17) is 9.47 Å². The third-order valence-corrected chi connectivity index (χ3v) is 3.60. The fourth-order valence-electron chi connectivity index (χ4n) is 2.41. The second-order valence-electron chi connectivity index (χ2n) is 5.21. The highest BCUT2D eigenvalue weighted by atomic mass is 16.5. The predicted molar refractivity (Wildman–Crippen MR) is 82.5 cm³/mol. The molecule has 1 saturated heterocycles. The molecule has 0 atom stereocenters. The SMILES string of the molecule is COCCc1ccccc1NC(=O)COC1CCNCC1. The summed E-state index contributed by atoms with van der Waals surface area (Å²) in [5, 5.41) is 6.20. The quantitative estimate of drug-likeness (QED) is 0.801. The highest BCUT2D eigenvalue weighted by Crippen LogP contribution is 2.16. The lowest BCUT2D eigenvalue weighted by molar-refractivity contribution is -0.123.